The molecule has 7 heteroatoms. The van der Waals surface area contributed by atoms with E-state index in [-0.39, 0.29) is 42.3 Å². The minimum absolute atomic E-state index is 0.0299. The molecular weight excluding hydrogens is 325 g/mol. The maximum absolute atomic E-state index is 14.1. The fourth-order valence-electron chi connectivity index (χ4n) is 2.18. The van der Waals surface area contributed by atoms with Gasteiger partial charge in [-0.3, -0.25) is 9.59 Å². The molecule has 134 valence electrons. The summed E-state index contributed by atoms with van der Waals surface area (Å²) in [5.74, 6) is -0.892. The summed E-state index contributed by atoms with van der Waals surface area (Å²) >= 11 is 0. The number of hydrogen-bond donors (Lipinski definition) is 1. The quantitative estimate of drug-likeness (QED) is 0.838. The predicted octanol–water partition coefficient (Wildman–Crippen LogP) is 2.68. The van der Waals surface area contributed by atoms with Crippen LogP contribution < -0.4 is 10.1 Å². The molecule has 0 aliphatic heterocycles. The van der Waals surface area contributed by atoms with Crippen LogP contribution >= 0.6 is 0 Å². The third kappa shape index (κ3) is 5.34. The van der Waals surface area contributed by atoms with E-state index in [0.29, 0.717) is 0 Å². The molecule has 0 aliphatic carbocycles. The number of aromatic nitrogens is 1. The Labute approximate surface area is 146 Å². The molecule has 0 spiro atoms. The summed E-state index contributed by atoms with van der Waals surface area (Å²) in [6, 6.07) is 7.81. The van der Waals surface area contributed by atoms with Crippen LogP contribution in [0.1, 0.15) is 19.4 Å². The van der Waals surface area contributed by atoms with Crippen molar-refractivity contribution in [2.75, 3.05) is 26.0 Å². The number of carbonyl (C=O) groups excluding carboxylic acids is 2. The number of hydrogen-bond acceptors (Lipinski definition) is 3. The van der Waals surface area contributed by atoms with Crippen molar-refractivity contribution in [3.63, 3.8) is 0 Å². The average molecular weight is 347 g/mol. The number of ether oxygens (including phenoxy) is 1. The predicted molar refractivity (Wildman–Crippen MR) is 93.0 cm³/mol. The van der Waals surface area contributed by atoms with Crippen molar-refractivity contribution in [3.8, 4) is 5.75 Å². The summed E-state index contributed by atoms with van der Waals surface area (Å²) in [5.41, 5.74) is 0.0796. The number of benzene rings is 1. The number of nitrogens with zero attached hydrogens (tertiary/aromatic N) is 2. The first-order valence-corrected chi connectivity index (χ1v) is 7.91. The molecule has 0 saturated carbocycles. The largest absolute Gasteiger partial charge is 0.484 e. The number of anilines is 1. The Hall–Kier alpha value is -2.83. The number of likely N-dealkylation sites (N-methyl/N-ethyl adjacent to an activating group) is 1. The van der Waals surface area contributed by atoms with E-state index in [9.17, 15) is 14.0 Å². The van der Waals surface area contributed by atoms with Crippen LogP contribution in [-0.4, -0.2) is 42.0 Å². The van der Waals surface area contributed by atoms with Crippen molar-refractivity contribution >= 4 is 17.5 Å². The number of halogens is 1. The number of nitrogens with one attached hydrogen (secondary N) is 1. The molecule has 0 aliphatic rings. The van der Waals surface area contributed by atoms with Crippen molar-refractivity contribution < 1.29 is 18.7 Å². The third-order valence-electron chi connectivity index (χ3n) is 3.69. The zero-order valence-electron chi connectivity index (χ0n) is 14.5. The lowest BCUT2D eigenvalue weighted by Crippen LogP contribution is -2.27. The van der Waals surface area contributed by atoms with E-state index in [0.717, 1.165) is 6.07 Å². The van der Waals surface area contributed by atoms with E-state index < -0.39 is 5.82 Å². The van der Waals surface area contributed by atoms with Gasteiger partial charge in [0.1, 0.15) is 11.6 Å². The fraction of sp³-hybridized carbons (Fsp3) is 0.333. The number of carbonyl (C=O) groups is 2. The van der Waals surface area contributed by atoms with Gasteiger partial charge in [-0.15, -0.1) is 0 Å². The second-order valence-electron chi connectivity index (χ2n) is 5.95. The van der Waals surface area contributed by atoms with Crippen LogP contribution in [0.2, 0.25) is 0 Å². The van der Waals surface area contributed by atoms with Crippen molar-refractivity contribution in [1.82, 2.24) is 9.47 Å². The second-order valence-corrected chi connectivity index (χ2v) is 5.95. The molecule has 1 aromatic carbocycles. The van der Waals surface area contributed by atoms with Crippen molar-refractivity contribution in [1.29, 1.82) is 0 Å². The Morgan fingerprint density at radius 2 is 1.96 bits per heavy atom. The highest BCUT2D eigenvalue weighted by Crippen LogP contribution is 2.21. The maximum atomic E-state index is 14.1. The van der Waals surface area contributed by atoms with Gasteiger partial charge < -0.3 is 19.5 Å². The first kappa shape index (κ1) is 18.5. The Balaban J connectivity index is 1.91. The molecule has 1 atom stereocenters. The van der Waals surface area contributed by atoms with Gasteiger partial charge in [0, 0.05) is 45.0 Å². The van der Waals surface area contributed by atoms with E-state index in [2.05, 4.69) is 5.32 Å². The van der Waals surface area contributed by atoms with Crippen LogP contribution in [0.5, 0.6) is 5.75 Å². The highest BCUT2D eigenvalue weighted by atomic mass is 19.1. The zero-order chi connectivity index (χ0) is 18.4. The number of amides is 2. The van der Waals surface area contributed by atoms with Crippen LogP contribution in [0, 0.1) is 5.82 Å². The lowest BCUT2D eigenvalue weighted by molar-refractivity contribution is -0.130. The summed E-state index contributed by atoms with van der Waals surface area (Å²) in [7, 11) is 3.22. The van der Waals surface area contributed by atoms with Crippen LogP contribution in [0.15, 0.2) is 42.7 Å². The van der Waals surface area contributed by atoms with Crippen LogP contribution in [0.4, 0.5) is 10.1 Å². The summed E-state index contributed by atoms with van der Waals surface area (Å²) in [4.78, 5) is 24.9. The molecule has 2 aromatic rings. The van der Waals surface area contributed by atoms with Crippen LogP contribution in [0.25, 0.3) is 0 Å². The average Bonchev–Trinajstić information content (AvgIpc) is 3.09. The van der Waals surface area contributed by atoms with Crippen molar-refractivity contribution in [2.24, 2.45) is 0 Å². The Bertz CT molecular complexity index is 729. The van der Waals surface area contributed by atoms with Gasteiger partial charge in [0.25, 0.3) is 5.91 Å². The van der Waals surface area contributed by atoms with E-state index in [1.54, 1.807) is 14.1 Å². The monoisotopic (exact) mass is 347 g/mol. The molecule has 25 heavy (non-hydrogen) atoms. The Morgan fingerprint density at radius 1 is 1.28 bits per heavy atom. The van der Waals surface area contributed by atoms with Gasteiger partial charge in [0.2, 0.25) is 5.91 Å². The molecule has 2 amide bonds. The SMILES string of the molecule is CC(CC(=O)Nc1ccc(OCC(=O)N(C)C)cc1F)n1cccc1. The summed E-state index contributed by atoms with van der Waals surface area (Å²) < 4.78 is 21.3. The lowest BCUT2D eigenvalue weighted by atomic mass is 10.2. The molecule has 1 N–H and O–H groups in total. The molecular formula is C18H22FN3O3. The van der Waals surface area contributed by atoms with E-state index in [1.807, 2.05) is 36.0 Å². The maximum Gasteiger partial charge on any atom is 0.259 e. The first-order chi connectivity index (χ1) is 11.9. The van der Waals surface area contributed by atoms with Gasteiger partial charge in [-0.05, 0) is 31.2 Å². The summed E-state index contributed by atoms with van der Waals surface area (Å²) in [5, 5.41) is 2.56. The molecule has 1 aromatic heterocycles. The molecule has 0 saturated heterocycles. The highest BCUT2D eigenvalue weighted by Gasteiger charge is 2.13. The molecule has 1 unspecified atom stereocenters. The minimum atomic E-state index is -0.614. The molecule has 0 fully saturated rings. The third-order valence-corrected chi connectivity index (χ3v) is 3.69. The van der Waals surface area contributed by atoms with Gasteiger partial charge in [0.15, 0.2) is 6.61 Å². The molecule has 1 heterocycles. The van der Waals surface area contributed by atoms with E-state index >= 15 is 0 Å². The first-order valence-electron chi connectivity index (χ1n) is 7.91. The lowest BCUT2D eigenvalue weighted by Gasteiger charge is -2.14. The normalized spacial score (nSPS) is 11.7. The van der Waals surface area contributed by atoms with E-state index in [4.69, 9.17) is 4.74 Å². The van der Waals surface area contributed by atoms with Crippen molar-refractivity contribution in [3.05, 3.63) is 48.5 Å². The van der Waals surface area contributed by atoms with E-state index in [1.165, 1.54) is 17.0 Å². The topological polar surface area (TPSA) is 63.6 Å². The molecule has 0 bridgehead atoms. The van der Waals surface area contributed by atoms with Crippen LogP contribution in [-0.2, 0) is 9.59 Å². The number of rotatable bonds is 7. The molecule has 2 rings (SSSR count). The smallest absolute Gasteiger partial charge is 0.259 e. The standard InChI is InChI=1S/C18H22FN3O3/c1-13(22-8-4-5-9-22)10-17(23)20-16-7-6-14(11-15(16)19)25-12-18(24)21(2)3/h4-9,11,13H,10,12H2,1-3H3,(H,20,23). The second kappa shape index (κ2) is 8.32. The van der Waals surface area contributed by atoms with Gasteiger partial charge in [0.05, 0.1) is 5.69 Å². The summed E-state index contributed by atoms with van der Waals surface area (Å²) in [6.07, 6.45) is 3.98. The fourth-order valence-corrected chi connectivity index (χ4v) is 2.18. The molecule has 0 radical (unpaired) electrons. The zero-order valence-corrected chi connectivity index (χ0v) is 14.5. The Kier molecular flexibility index (Phi) is 6.16. The van der Waals surface area contributed by atoms with Gasteiger partial charge in [-0.1, -0.05) is 0 Å². The summed E-state index contributed by atoms with van der Waals surface area (Å²) in [6.45, 7) is 1.74. The highest BCUT2D eigenvalue weighted by molar-refractivity contribution is 5.91. The molecule has 6 nitrogen and oxygen atoms in total. The van der Waals surface area contributed by atoms with Gasteiger partial charge in [-0.25, -0.2) is 4.39 Å². The minimum Gasteiger partial charge on any atom is -0.484 e. The van der Waals surface area contributed by atoms with Crippen molar-refractivity contribution in [2.45, 2.75) is 19.4 Å². The van der Waals surface area contributed by atoms with Gasteiger partial charge >= 0.3 is 0 Å². The van der Waals surface area contributed by atoms with Crippen LogP contribution in [0.3, 0.4) is 0 Å². The Morgan fingerprint density at radius 3 is 2.56 bits per heavy atom. The van der Waals surface area contributed by atoms with Gasteiger partial charge in [-0.2, -0.15) is 0 Å².